The van der Waals surface area contributed by atoms with Crippen molar-refractivity contribution in [3.05, 3.63) is 194 Å². The van der Waals surface area contributed by atoms with Crippen molar-refractivity contribution in [1.82, 2.24) is 0 Å². The summed E-state index contributed by atoms with van der Waals surface area (Å²) in [6.45, 7) is 0. The highest BCUT2D eigenvalue weighted by Crippen LogP contribution is 2.47. The lowest BCUT2D eigenvalue weighted by molar-refractivity contribution is 1.30. The first kappa shape index (κ1) is 30.6. The first-order valence-corrected chi connectivity index (χ1v) is 19.1. The van der Waals surface area contributed by atoms with E-state index in [1.54, 1.807) is 0 Å². The van der Waals surface area contributed by atoms with Crippen molar-refractivity contribution >= 4 is 97.1 Å². The Morgan fingerprint density at radius 3 is 1.52 bits per heavy atom. The summed E-state index contributed by atoms with van der Waals surface area (Å²) in [4.78, 5) is 4.79. The van der Waals surface area contributed by atoms with Crippen molar-refractivity contribution in [1.29, 1.82) is 0 Å². The highest BCUT2D eigenvalue weighted by molar-refractivity contribution is 7.26. The van der Waals surface area contributed by atoms with Gasteiger partial charge in [0.15, 0.2) is 0 Å². The second-order valence-corrected chi connectivity index (χ2v) is 15.1. The number of para-hydroxylation sites is 2. The molecule has 8 aromatic carbocycles. The minimum absolute atomic E-state index is 1.13. The number of hydrogen-bond donors (Lipinski definition) is 0. The Morgan fingerprint density at radius 2 is 0.788 bits per heavy atom. The summed E-state index contributed by atoms with van der Waals surface area (Å²) in [5.41, 5.74) is 9.27. The van der Waals surface area contributed by atoms with Crippen LogP contribution in [-0.4, -0.2) is 0 Å². The first-order valence-electron chi connectivity index (χ1n) is 17.5. The second kappa shape index (κ2) is 12.8. The van der Waals surface area contributed by atoms with Gasteiger partial charge < -0.3 is 9.80 Å². The monoisotopic (exact) mass is 700 g/mol. The maximum Gasteiger partial charge on any atom is 0.0640 e. The summed E-state index contributed by atoms with van der Waals surface area (Å²) in [7, 11) is 0. The topological polar surface area (TPSA) is 6.48 Å². The molecule has 0 bridgehead atoms. The summed E-state index contributed by atoms with van der Waals surface area (Å²) in [5, 5.41) is 5.16. The fourth-order valence-corrected chi connectivity index (χ4v) is 9.80. The molecule has 0 amide bonds. The predicted octanol–water partition coefficient (Wildman–Crippen LogP) is 15.0. The van der Waals surface area contributed by atoms with Crippen LogP contribution in [0.4, 0.5) is 34.1 Å². The smallest absolute Gasteiger partial charge is 0.0640 e. The van der Waals surface area contributed by atoms with Gasteiger partial charge in [-0.05, 0) is 83.9 Å². The molecule has 0 spiro atoms. The van der Waals surface area contributed by atoms with Gasteiger partial charge in [0.25, 0.3) is 0 Å². The SMILES string of the molecule is c1ccc(-c2cccc(N(c3ccccc3)c3cccc4c3sc3cc(N(c5ccccc5)c5ccc6c(c5)sc5ccccc56)ccc34)c2)cc1. The number of anilines is 6. The zero-order valence-corrected chi connectivity index (χ0v) is 29.8. The van der Waals surface area contributed by atoms with Gasteiger partial charge >= 0.3 is 0 Å². The molecule has 10 rings (SSSR count). The lowest BCUT2D eigenvalue weighted by Gasteiger charge is -2.26. The van der Waals surface area contributed by atoms with E-state index in [2.05, 4.69) is 204 Å². The maximum atomic E-state index is 2.40. The molecule has 0 fully saturated rings. The fourth-order valence-electron chi connectivity index (χ4n) is 7.42. The van der Waals surface area contributed by atoms with Crippen LogP contribution in [-0.2, 0) is 0 Å². The van der Waals surface area contributed by atoms with Gasteiger partial charge in [0.1, 0.15) is 0 Å². The number of thiophene rings is 2. The molecular formula is C48H32N2S2. The minimum atomic E-state index is 1.13. The molecule has 0 aliphatic rings. The Kier molecular flexibility index (Phi) is 7.56. The largest absolute Gasteiger partial charge is 0.310 e. The highest BCUT2D eigenvalue weighted by Gasteiger charge is 2.20. The Bertz CT molecular complexity index is 2860. The summed E-state index contributed by atoms with van der Waals surface area (Å²) in [6.07, 6.45) is 0. The normalized spacial score (nSPS) is 11.5. The van der Waals surface area contributed by atoms with E-state index in [9.17, 15) is 0 Å². The third-order valence-electron chi connectivity index (χ3n) is 9.82. The van der Waals surface area contributed by atoms with Crippen LogP contribution in [0.2, 0.25) is 0 Å². The molecule has 0 radical (unpaired) electrons. The van der Waals surface area contributed by atoms with E-state index >= 15 is 0 Å². The zero-order chi connectivity index (χ0) is 34.4. The number of benzene rings is 8. The lowest BCUT2D eigenvalue weighted by Crippen LogP contribution is -2.10. The number of hydrogen-bond acceptors (Lipinski definition) is 4. The van der Waals surface area contributed by atoms with Crippen LogP contribution in [0.3, 0.4) is 0 Å². The molecule has 2 aromatic heterocycles. The maximum absolute atomic E-state index is 2.40. The molecule has 2 nitrogen and oxygen atoms in total. The van der Waals surface area contributed by atoms with E-state index in [0.717, 1.165) is 28.4 Å². The molecular weight excluding hydrogens is 669 g/mol. The van der Waals surface area contributed by atoms with Crippen LogP contribution in [0.5, 0.6) is 0 Å². The molecule has 0 atom stereocenters. The Labute approximate surface area is 310 Å². The van der Waals surface area contributed by atoms with Gasteiger partial charge in [0.2, 0.25) is 0 Å². The third kappa shape index (κ3) is 5.32. The molecule has 0 N–H and O–H groups in total. The van der Waals surface area contributed by atoms with Crippen LogP contribution < -0.4 is 9.80 Å². The number of rotatable bonds is 7. The highest BCUT2D eigenvalue weighted by atomic mass is 32.1. The van der Waals surface area contributed by atoms with Crippen LogP contribution in [0.1, 0.15) is 0 Å². The molecule has 10 aromatic rings. The zero-order valence-electron chi connectivity index (χ0n) is 28.2. The molecule has 4 heteroatoms. The summed E-state index contributed by atoms with van der Waals surface area (Å²) < 4.78 is 5.14. The van der Waals surface area contributed by atoms with Crippen molar-refractivity contribution in [2.75, 3.05) is 9.80 Å². The molecule has 52 heavy (non-hydrogen) atoms. The van der Waals surface area contributed by atoms with Gasteiger partial charge in [0.05, 0.1) is 10.4 Å². The molecule has 0 aliphatic carbocycles. The summed E-state index contributed by atoms with van der Waals surface area (Å²) in [5.74, 6) is 0. The third-order valence-corrected chi connectivity index (χ3v) is 12.1. The van der Waals surface area contributed by atoms with E-state index < -0.39 is 0 Å². The average Bonchev–Trinajstić information content (AvgIpc) is 3.78. The fraction of sp³-hybridized carbons (Fsp3) is 0. The molecule has 0 unspecified atom stereocenters. The molecule has 0 saturated carbocycles. The van der Waals surface area contributed by atoms with Gasteiger partial charge in [-0.25, -0.2) is 0 Å². The van der Waals surface area contributed by atoms with Crippen LogP contribution in [0, 0.1) is 0 Å². The van der Waals surface area contributed by atoms with Crippen LogP contribution in [0.15, 0.2) is 194 Å². The standard InChI is InChI=1S/C48H32N2S2/c1-4-14-33(15-5-1)34-16-12-21-37(30-34)50(36-19-8-3-9-20-36)44-24-13-23-43-42-29-27-39(32-47(42)52-48(43)44)49(35-17-6-2-7-18-35)38-26-28-41-40-22-10-11-25-45(40)51-46(41)31-38/h1-32H. The number of nitrogens with zero attached hydrogens (tertiary/aromatic N) is 2. The minimum Gasteiger partial charge on any atom is -0.310 e. The molecule has 0 aliphatic heterocycles. The molecule has 0 saturated heterocycles. The van der Waals surface area contributed by atoms with E-state index in [1.807, 2.05) is 22.7 Å². The van der Waals surface area contributed by atoms with Gasteiger partial charge in [-0.1, -0.05) is 121 Å². The molecule has 246 valence electrons. The van der Waals surface area contributed by atoms with Crippen molar-refractivity contribution in [2.24, 2.45) is 0 Å². The van der Waals surface area contributed by atoms with Crippen molar-refractivity contribution < 1.29 is 0 Å². The van der Waals surface area contributed by atoms with E-state index in [0.29, 0.717) is 0 Å². The van der Waals surface area contributed by atoms with Gasteiger partial charge in [-0.15, -0.1) is 22.7 Å². The first-order chi connectivity index (χ1) is 25.8. The van der Waals surface area contributed by atoms with Crippen LogP contribution in [0.25, 0.3) is 51.5 Å². The van der Waals surface area contributed by atoms with Gasteiger partial charge in [-0.3, -0.25) is 0 Å². The van der Waals surface area contributed by atoms with Crippen molar-refractivity contribution in [3.8, 4) is 11.1 Å². The van der Waals surface area contributed by atoms with E-state index in [4.69, 9.17) is 0 Å². The van der Waals surface area contributed by atoms with Crippen molar-refractivity contribution in [3.63, 3.8) is 0 Å². The summed E-state index contributed by atoms with van der Waals surface area (Å²) in [6, 6.07) is 70.2. The van der Waals surface area contributed by atoms with Gasteiger partial charge in [0, 0.05) is 64.1 Å². The Hall–Kier alpha value is -6.20. The van der Waals surface area contributed by atoms with E-state index in [1.165, 1.54) is 57.2 Å². The number of fused-ring (bicyclic) bond motifs is 6. The Morgan fingerprint density at radius 1 is 0.288 bits per heavy atom. The summed E-state index contributed by atoms with van der Waals surface area (Å²) >= 11 is 3.73. The second-order valence-electron chi connectivity index (χ2n) is 13.0. The average molecular weight is 701 g/mol. The van der Waals surface area contributed by atoms with Crippen LogP contribution >= 0.6 is 22.7 Å². The predicted molar refractivity (Wildman–Crippen MR) is 227 cm³/mol. The Balaban J connectivity index is 1.13. The lowest BCUT2D eigenvalue weighted by atomic mass is 10.0. The van der Waals surface area contributed by atoms with E-state index in [-0.39, 0.29) is 0 Å². The van der Waals surface area contributed by atoms with Gasteiger partial charge in [-0.2, -0.15) is 0 Å². The quantitative estimate of drug-likeness (QED) is 0.163. The van der Waals surface area contributed by atoms with Crippen molar-refractivity contribution in [2.45, 2.75) is 0 Å². The molecule has 2 heterocycles.